The van der Waals surface area contributed by atoms with Crippen LogP contribution in [0.2, 0.25) is 5.02 Å². The molecule has 7 heterocycles. The smallest absolute Gasteiger partial charge is 0.461 e. The third kappa shape index (κ3) is 6.96. The summed E-state index contributed by atoms with van der Waals surface area (Å²) < 4.78 is 35.6. The summed E-state index contributed by atoms with van der Waals surface area (Å²) in [6.45, 7) is 5.66. The maximum absolute atomic E-state index is 17.0. The largest absolute Gasteiger partial charge is 0.505 e. The van der Waals surface area contributed by atoms with Gasteiger partial charge in [0.25, 0.3) is 0 Å². The van der Waals surface area contributed by atoms with Crippen molar-refractivity contribution in [2.75, 3.05) is 50.9 Å². The molecular formula is C40H49ClFN7O5. The van der Waals surface area contributed by atoms with Crippen molar-refractivity contribution in [3.63, 3.8) is 0 Å². The summed E-state index contributed by atoms with van der Waals surface area (Å²) >= 11 is 6.67. The topological polar surface area (TPSA) is 128 Å². The quantitative estimate of drug-likeness (QED) is 0.174. The molecule has 0 radical (unpaired) electrons. The first-order valence-corrected chi connectivity index (χ1v) is 20.3. The Bertz CT molecular complexity index is 2020. The Balaban J connectivity index is 0.000000429. The lowest BCUT2D eigenvalue weighted by atomic mass is 9.64. The van der Waals surface area contributed by atoms with Crippen LogP contribution in [0.1, 0.15) is 96.1 Å². The summed E-state index contributed by atoms with van der Waals surface area (Å²) in [5.41, 5.74) is 2.20. The molecule has 2 aliphatic carbocycles. The predicted molar refractivity (Wildman–Crippen MR) is 203 cm³/mol. The zero-order chi connectivity index (χ0) is 36.9. The van der Waals surface area contributed by atoms with Crippen molar-refractivity contribution in [3.8, 4) is 17.3 Å². The Morgan fingerprint density at radius 1 is 0.963 bits per heavy atom. The van der Waals surface area contributed by atoms with Crippen molar-refractivity contribution in [2.45, 2.75) is 102 Å². The minimum Gasteiger partial charge on any atom is -0.461 e. The van der Waals surface area contributed by atoms with Crippen LogP contribution in [0.5, 0.6) is 6.01 Å². The highest BCUT2D eigenvalue weighted by atomic mass is 35.5. The van der Waals surface area contributed by atoms with Gasteiger partial charge in [0.1, 0.15) is 23.6 Å². The number of hydrogen-bond acceptors (Lipinski definition) is 10. The van der Waals surface area contributed by atoms with E-state index >= 15 is 4.39 Å². The first-order chi connectivity index (χ1) is 26.3. The number of rotatable bonds is 8. The molecule has 6 fully saturated rings. The van der Waals surface area contributed by atoms with E-state index in [-0.39, 0.29) is 29.0 Å². The zero-order valence-electron chi connectivity index (χ0n) is 30.8. The van der Waals surface area contributed by atoms with Gasteiger partial charge in [-0.05, 0) is 120 Å². The molecule has 4 saturated heterocycles. The average molecular weight is 762 g/mol. The third-order valence-corrected chi connectivity index (χ3v) is 13.0. The molecular weight excluding hydrogens is 713 g/mol. The van der Waals surface area contributed by atoms with Gasteiger partial charge in [-0.1, -0.05) is 18.0 Å². The number of carboxylic acid groups (broad SMARTS) is 1. The van der Waals surface area contributed by atoms with E-state index in [1.165, 1.54) is 38.5 Å². The van der Waals surface area contributed by atoms with E-state index < -0.39 is 12.0 Å². The van der Waals surface area contributed by atoms with E-state index in [9.17, 15) is 4.79 Å². The molecule has 2 saturated carbocycles. The van der Waals surface area contributed by atoms with Gasteiger partial charge in [0, 0.05) is 41.9 Å². The molecule has 4 aliphatic heterocycles. The van der Waals surface area contributed by atoms with Crippen molar-refractivity contribution >= 4 is 45.4 Å². The Labute approximate surface area is 319 Å². The van der Waals surface area contributed by atoms with Crippen LogP contribution in [0.25, 0.3) is 33.1 Å². The average Bonchev–Trinajstić information content (AvgIpc) is 3.57. The van der Waals surface area contributed by atoms with E-state index in [1.54, 1.807) is 18.5 Å². The van der Waals surface area contributed by atoms with E-state index in [4.69, 9.17) is 41.1 Å². The van der Waals surface area contributed by atoms with Crippen LogP contribution in [-0.2, 0) is 9.47 Å². The number of fused-ring (bicyclic) bond motifs is 3. The molecule has 14 heteroatoms. The van der Waals surface area contributed by atoms with Gasteiger partial charge in [-0.15, -0.1) is 0 Å². The zero-order valence-corrected chi connectivity index (χ0v) is 31.5. The summed E-state index contributed by atoms with van der Waals surface area (Å²) in [7, 11) is 0. The number of hydrogen-bond donors (Lipinski definition) is 1. The molecule has 0 bridgehead atoms. The van der Waals surface area contributed by atoms with Crippen molar-refractivity contribution in [1.82, 2.24) is 29.6 Å². The van der Waals surface area contributed by atoms with Crippen LogP contribution in [0, 0.1) is 17.2 Å². The lowest BCUT2D eigenvalue weighted by Crippen LogP contribution is -2.47. The molecule has 1 atom stereocenters. The summed E-state index contributed by atoms with van der Waals surface area (Å²) in [4.78, 5) is 29.1. The monoisotopic (exact) mass is 761 g/mol. The number of piperidine rings is 1. The Morgan fingerprint density at radius 3 is 2.48 bits per heavy atom. The molecule has 4 aromatic rings. The fourth-order valence-corrected chi connectivity index (χ4v) is 9.79. The van der Waals surface area contributed by atoms with Crippen LogP contribution in [0.15, 0.2) is 24.5 Å². The van der Waals surface area contributed by atoms with Crippen LogP contribution in [0.3, 0.4) is 0 Å². The number of aromatic nitrogens is 5. The van der Waals surface area contributed by atoms with Crippen molar-refractivity contribution in [2.24, 2.45) is 11.3 Å². The highest BCUT2D eigenvalue weighted by Gasteiger charge is 2.45. The number of nitrogens with zero attached hydrogens (tertiary/aromatic N) is 7. The number of ether oxygens (including phenoxy) is 3. The summed E-state index contributed by atoms with van der Waals surface area (Å²) in [5, 5.41) is 14.5. The van der Waals surface area contributed by atoms with E-state index in [2.05, 4.69) is 19.6 Å². The molecule has 288 valence electrons. The molecule has 1 unspecified atom stereocenters. The highest BCUT2D eigenvalue weighted by Crippen LogP contribution is 2.49. The number of halogens is 2. The number of carbonyl (C=O) groups is 1. The fraction of sp³-hybridized carbons (Fsp3) is 0.625. The second-order valence-corrected chi connectivity index (χ2v) is 16.9. The third-order valence-electron chi connectivity index (χ3n) is 12.8. The second kappa shape index (κ2) is 14.7. The SMILES string of the molecule is Fc1c(-c2cc(Cl)cc3c2cnn3C2CCCCO2)ncc2c(N3CCCC4(CCC4)C3)nc(OCC34CCCN3CCC4)nc12.O=C(O)OCC1CC1. The standard InChI is InChI=1S/C35H41ClFN7O2.C5H8O3/c36-23-17-24(25-20-39-44(27(25)18-23)28-7-1-2-16-45-28)30-29(37)31-26(19-38-30)32(42-13-4-10-34(21-42)8-3-9-34)41-33(40-31)46-22-35-11-5-14-43(35)15-6-12-35;6-5(7)8-3-4-1-2-4/h17-20,28H,1-16,21-22H2;4H,1-3H2,(H,6,7). The van der Waals surface area contributed by atoms with Crippen LogP contribution < -0.4 is 9.64 Å². The van der Waals surface area contributed by atoms with E-state index in [0.29, 0.717) is 47.1 Å². The summed E-state index contributed by atoms with van der Waals surface area (Å²) in [6, 6.07) is 3.89. The summed E-state index contributed by atoms with van der Waals surface area (Å²) in [6.07, 6.45) is 18.2. The molecule has 6 aliphatic rings. The second-order valence-electron chi connectivity index (χ2n) is 16.4. The van der Waals surface area contributed by atoms with Gasteiger partial charge < -0.3 is 24.2 Å². The van der Waals surface area contributed by atoms with E-state index in [0.717, 1.165) is 94.3 Å². The van der Waals surface area contributed by atoms with Crippen LogP contribution >= 0.6 is 11.6 Å². The maximum Gasteiger partial charge on any atom is 0.505 e. The lowest BCUT2D eigenvalue weighted by molar-refractivity contribution is -0.0366. The molecule has 1 N–H and O–H groups in total. The van der Waals surface area contributed by atoms with Gasteiger partial charge in [-0.25, -0.2) is 13.9 Å². The fourth-order valence-electron chi connectivity index (χ4n) is 9.58. The van der Waals surface area contributed by atoms with Gasteiger partial charge in [-0.2, -0.15) is 15.1 Å². The Hall–Kier alpha value is -3.81. The molecule has 1 aromatic carbocycles. The van der Waals surface area contributed by atoms with Gasteiger partial charge in [-0.3, -0.25) is 9.88 Å². The number of anilines is 1. The van der Waals surface area contributed by atoms with Crippen molar-refractivity contribution in [1.29, 1.82) is 0 Å². The van der Waals surface area contributed by atoms with Gasteiger partial charge >= 0.3 is 12.2 Å². The van der Waals surface area contributed by atoms with Gasteiger partial charge in [0.15, 0.2) is 12.0 Å². The summed E-state index contributed by atoms with van der Waals surface area (Å²) in [5.74, 6) is 0.772. The van der Waals surface area contributed by atoms with E-state index in [1.807, 2.05) is 10.7 Å². The maximum atomic E-state index is 17.0. The van der Waals surface area contributed by atoms with Crippen molar-refractivity contribution < 1.29 is 28.5 Å². The van der Waals surface area contributed by atoms with Crippen molar-refractivity contribution in [3.05, 3.63) is 35.4 Å². The predicted octanol–water partition coefficient (Wildman–Crippen LogP) is 8.40. The molecule has 12 nitrogen and oxygen atoms in total. The van der Waals surface area contributed by atoms with Gasteiger partial charge in [0.2, 0.25) is 0 Å². The molecule has 1 spiro atoms. The van der Waals surface area contributed by atoms with Crippen LogP contribution in [-0.4, -0.2) is 92.4 Å². The van der Waals surface area contributed by atoms with Gasteiger partial charge in [0.05, 0.1) is 29.2 Å². The molecule has 54 heavy (non-hydrogen) atoms. The minimum absolute atomic E-state index is 0.0378. The Morgan fingerprint density at radius 2 is 1.76 bits per heavy atom. The normalized spacial score (nSPS) is 23.2. The highest BCUT2D eigenvalue weighted by molar-refractivity contribution is 6.32. The molecule has 0 amide bonds. The first-order valence-electron chi connectivity index (χ1n) is 19.9. The molecule has 3 aromatic heterocycles. The lowest BCUT2D eigenvalue weighted by Gasteiger charge is -2.49. The molecule has 10 rings (SSSR count). The first kappa shape index (κ1) is 35.9. The number of pyridine rings is 1. The number of benzene rings is 1. The minimum atomic E-state index is -1.16. The van der Waals surface area contributed by atoms with Crippen LogP contribution in [0.4, 0.5) is 15.0 Å². The Kier molecular flexibility index (Phi) is 9.76.